The molecule has 0 atom stereocenters. The number of piperidine rings is 1. The van der Waals surface area contributed by atoms with Crippen molar-refractivity contribution >= 4 is 5.91 Å². The molecule has 1 heterocycles. The molecule has 0 aromatic carbocycles. The van der Waals surface area contributed by atoms with Gasteiger partial charge in [0.1, 0.15) is 0 Å². The Morgan fingerprint density at radius 1 is 1.21 bits per heavy atom. The summed E-state index contributed by atoms with van der Waals surface area (Å²) in [5.74, 6) is 0.186. The number of carbonyl (C=O) groups excluding carboxylic acids is 1. The molecule has 6 nitrogen and oxygen atoms in total. The van der Waals surface area contributed by atoms with Crippen molar-refractivity contribution < 1.29 is 14.3 Å². The Kier molecular flexibility index (Phi) is 10.5. The summed E-state index contributed by atoms with van der Waals surface area (Å²) in [7, 11) is 5.65. The molecule has 1 aliphatic rings. The highest BCUT2D eigenvalue weighted by atomic mass is 16.5. The van der Waals surface area contributed by atoms with Gasteiger partial charge in [0.25, 0.3) is 0 Å². The van der Waals surface area contributed by atoms with Gasteiger partial charge in [-0.05, 0) is 32.9 Å². The smallest absolute Gasteiger partial charge is 0.236 e. The topological polar surface area (TPSA) is 54.0 Å². The molecule has 1 rings (SSSR count). The number of nitrogens with one attached hydrogen (secondary N) is 1. The molecule has 0 saturated carbocycles. The van der Waals surface area contributed by atoms with Gasteiger partial charge in [-0.25, -0.2) is 0 Å². The Labute approximate surface area is 147 Å². The fraction of sp³-hybridized carbons (Fsp3) is 0.944. The first-order chi connectivity index (χ1) is 11.6. The molecule has 0 aromatic rings. The third-order valence-corrected chi connectivity index (χ3v) is 5.13. The molecule has 1 saturated heterocycles. The van der Waals surface area contributed by atoms with Gasteiger partial charge >= 0.3 is 0 Å². The van der Waals surface area contributed by atoms with Crippen LogP contribution in [0.3, 0.4) is 0 Å². The highest BCUT2D eigenvalue weighted by molar-refractivity contribution is 5.78. The zero-order valence-corrected chi connectivity index (χ0v) is 16.1. The summed E-state index contributed by atoms with van der Waals surface area (Å²) in [6.07, 6.45) is 5.69. The number of ether oxygens (including phenoxy) is 2. The van der Waals surface area contributed by atoms with Gasteiger partial charge in [-0.1, -0.05) is 19.8 Å². The van der Waals surface area contributed by atoms with E-state index in [-0.39, 0.29) is 11.4 Å². The second kappa shape index (κ2) is 11.8. The molecule has 0 aliphatic carbocycles. The second-order valence-corrected chi connectivity index (χ2v) is 6.84. The second-order valence-electron chi connectivity index (χ2n) is 6.84. The van der Waals surface area contributed by atoms with E-state index in [2.05, 4.69) is 24.2 Å². The molecule has 1 N–H and O–H groups in total. The number of unbranched alkanes of at least 4 members (excludes halogenated alkanes) is 2. The molecule has 6 heteroatoms. The maximum atomic E-state index is 12.3. The lowest BCUT2D eigenvalue weighted by atomic mass is 9.86. The Morgan fingerprint density at radius 3 is 2.50 bits per heavy atom. The number of hydrogen-bond acceptors (Lipinski definition) is 5. The van der Waals surface area contributed by atoms with Crippen LogP contribution < -0.4 is 5.32 Å². The fourth-order valence-electron chi connectivity index (χ4n) is 3.39. The van der Waals surface area contributed by atoms with E-state index in [9.17, 15) is 4.79 Å². The standard InChI is InChI=1S/C18H37N3O3/c1-5-6-7-11-20(2)18(16-24-4)8-12-21(13-9-18)17(22)15-19-10-14-23-3/h19H,5-16H2,1-4H3. The van der Waals surface area contributed by atoms with Crippen LogP contribution in [0, 0.1) is 0 Å². The van der Waals surface area contributed by atoms with Crippen molar-refractivity contribution in [2.45, 2.75) is 44.6 Å². The SMILES string of the molecule is CCCCCN(C)C1(COC)CCN(C(=O)CNCCOC)CC1. The molecular formula is C18H37N3O3. The van der Waals surface area contributed by atoms with E-state index in [0.29, 0.717) is 19.7 Å². The summed E-state index contributed by atoms with van der Waals surface area (Å²) in [5.41, 5.74) is 0.0722. The average Bonchev–Trinajstić information content (AvgIpc) is 2.59. The lowest BCUT2D eigenvalue weighted by Crippen LogP contribution is -2.58. The summed E-state index contributed by atoms with van der Waals surface area (Å²) in [4.78, 5) is 16.7. The lowest BCUT2D eigenvalue weighted by Gasteiger charge is -2.47. The van der Waals surface area contributed by atoms with E-state index in [4.69, 9.17) is 9.47 Å². The molecule has 142 valence electrons. The number of rotatable bonds is 12. The number of nitrogens with zero attached hydrogens (tertiary/aromatic N) is 2. The zero-order chi connectivity index (χ0) is 17.8. The molecule has 0 unspecified atom stereocenters. The molecule has 0 bridgehead atoms. The Balaban J connectivity index is 2.46. The van der Waals surface area contributed by atoms with E-state index in [1.165, 1.54) is 19.3 Å². The van der Waals surface area contributed by atoms with E-state index in [1.807, 2.05) is 4.90 Å². The van der Waals surface area contributed by atoms with E-state index < -0.39 is 0 Å². The molecule has 0 spiro atoms. The molecule has 24 heavy (non-hydrogen) atoms. The quantitative estimate of drug-likeness (QED) is 0.542. The maximum absolute atomic E-state index is 12.3. The van der Waals surface area contributed by atoms with Crippen molar-refractivity contribution in [3.05, 3.63) is 0 Å². The van der Waals surface area contributed by atoms with Gasteiger partial charge in [-0.3, -0.25) is 9.69 Å². The third-order valence-electron chi connectivity index (χ3n) is 5.13. The monoisotopic (exact) mass is 343 g/mol. The minimum atomic E-state index is 0.0722. The maximum Gasteiger partial charge on any atom is 0.236 e. The van der Waals surface area contributed by atoms with Gasteiger partial charge < -0.3 is 19.7 Å². The van der Waals surface area contributed by atoms with Crippen molar-refractivity contribution in [3.8, 4) is 0 Å². The predicted molar refractivity (Wildman–Crippen MR) is 97.3 cm³/mol. The van der Waals surface area contributed by atoms with Gasteiger partial charge in [0.2, 0.25) is 5.91 Å². The van der Waals surface area contributed by atoms with Gasteiger partial charge in [-0.15, -0.1) is 0 Å². The van der Waals surface area contributed by atoms with Crippen LogP contribution in [-0.2, 0) is 14.3 Å². The number of carbonyl (C=O) groups is 1. The molecular weight excluding hydrogens is 306 g/mol. The number of amides is 1. The van der Waals surface area contributed by atoms with Crippen LogP contribution in [0.1, 0.15) is 39.0 Å². The van der Waals surface area contributed by atoms with Crippen molar-refractivity contribution in [3.63, 3.8) is 0 Å². The van der Waals surface area contributed by atoms with Crippen molar-refractivity contribution in [2.75, 3.05) is 67.2 Å². The molecule has 1 aliphatic heterocycles. The zero-order valence-electron chi connectivity index (χ0n) is 16.1. The summed E-state index contributed by atoms with van der Waals surface area (Å²) >= 11 is 0. The molecule has 1 amide bonds. The minimum absolute atomic E-state index is 0.0722. The van der Waals surface area contributed by atoms with Crippen LogP contribution in [0.5, 0.6) is 0 Å². The number of likely N-dealkylation sites (N-methyl/N-ethyl adjacent to an activating group) is 1. The summed E-state index contributed by atoms with van der Waals surface area (Å²) < 4.78 is 10.5. The molecule has 0 aromatic heterocycles. The highest BCUT2D eigenvalue weighted by Gasteiger charge is 2.38. The molecule has 1 fully saturated rings. The third kappa shape index (κ3) is 6.67. The largest absolute Gasteiger partial charge is 0.383 e. The van der Waals surface area contributed by atoms with Crippen LogP contribution in [0.4, 0.5) is 0 Å². The van der Waals surface area contributed by atoms with Crippen LogP contribution in [0.15, 0.2) is 0 Å². The van der Waals surface area contributed by atoms with Gasteiger partial charge in [0, 0.05) is 39.4 Å². The van der Waals surface area contributed by atoms with Crippen LogP contribution in [-0.4, -0.2) is 88.5 Å². The summed E-state index contributed by atoms with van der Waals surface area (Å²) in [6.45, 7) is 7.44. The fourth-order valence-corrected chi connectivity index (χ4v) is 3.39. The minimum Gasteiger partial charge on any atom is -0.383 e. The summed E-state index contributed by atoms with van der Waals surface area (Å²) in [5, 5.41) is 3.14. The average molecular weight is 344 g/mol. The number of methoxy groups -OCH3 is 2. The van der Waals surface area contributed by atoms with Gasteiger partial charge in [0.05, 0.1) is 19.8 Å². The van der Waals surface area contributed by atoms with Crippen molar-refractivity contribution in [2.24, 2.45) is 0 Å². The van der Waals surface area contributed by atoms with Crippen molar-refractivity contribution in [1.82, 2.24) is 15.1 Å². The Bertz CT molecular complexity index is 344. The number of hydrogen-bond donors (Lipinski definition) is 1. The van der Waals surface area contributed by atoms with Gasteiger partial charge in [0.15, 0.2) is 0 Å². The molecule has 0 radical (unpaired) electrons. The Hall–Kier alpha value is -0.690. The first-order valence-corrected chi connectivity index (χ1v) is 9.27. The van der Waals surface area contributed by atoms with Crippen LogP contribution in [0.25, 0.3) is 0 Å². The van der Waals surface area contributed by atoms with E-state index in [0.717, 1.165) is 39.1 Å². The number of likely N-dealkylation sites (tertiary alicyclic amines) is 1. The summed E-state index contributed by atoms with van der Waals surface area (Å²) in [6, 6.07) is 0. The van der Waals surface area contributed by atoms with E-state index >= 15 is 0 Å². The Morgan fingerprint density at radius 2 is 1.92 bits per heavy atom. The normalized spacial score (nSPS) is 17.5. The van der Waals surface area contributed by atoms with Crippen LogP contribution >= 0.6 is 0 Å². The van der Waals surface area contributed by atoms with Crippen molar-refractivity contribution in [1.29, 1.82) is 0 Å². The van der Waals surface area contributed by atoms with E-state index in [1.54, 1.807) is 14.2 Å². The van der Waals surface area contributed by atoms with Crippen LogP contribution in [0.2, 0.25) is 0 Å². The van der Waals surface area contributed by atoms with Gasteiger partial charge in [-0.2, -0.15) is 0 Å². The first kappa shape index (κ1) is 21.4. The lowest BCUT2D eigenvalue weighted by molar-refractivity contribution is -0.133. The first-order valence-electron chi connectivity index (χ1n) is 9.27. The highest BCUT2D eigenvalue weighted by Crippen LogP contribution is 2.29. The predicted octanol–water partition coefficient (Wildman–Crippen LogP) is 1.35.